The molecule has 0 amide bonds. The Morgan fingerprint density at radius 1 is 1.20 bits per heavy atom. The summed E-state index contributed by atoms with van der Waals surface area (Å²) in [5.41, 5.74) is 3.43. The van der Waals surface area contributed by atoms with E-state index in [-0.39, 0.29) is 0 Å². The summed E-state index contributed by atoms with van der Waals surface area (Å²) in [6.45, 7) is 5.02. The first-order valence-electron chi connectivity index (χ1n) is 6.69. The highest BCUT2D eigenvalue weighted by molar-refractivity contribution is 7.80. The standard InChI is InChI=1S/C16H19N3S/c1-12(2)14-7-3-4-8-15(14)19-16(20)18-11-13-6-5-9-17-10-13/h3-10,12H,11H2,1-2H3,(H2,18,19,20). The van der Waals surface area contributed by atoms with Crippen LogP contribution in [0.1, 0.15) is 30.9 Å². The van der Waals surface area contributed by atoms with Crippen molar-refractivity contribution in [3.8, 4) is 0 Å². The number of nitrogens with zero attached hydrogens (tertiary/aromatic N) is 1. The molecule has 0 spiro atoms. The van der Waals surface area contributed by atoms with E-state index in [0.29, 0.717) is 17.6 Å². The van der Waals surface area contributed by atoms with Crippen LogP contribution in [0.15, 0.2) is 48.8 Å². The SMILES string of the molecule is CC(C)c1ccccc1NC(=S)NCc1cccnc1. The second kappa shape index (κ2) is 7.01. The Morgan fingerprint density at radius 2 is 2.00 bits per heavy atom. The Balaban J connectivity index is 1.95. The van der Waals surface area contributed by atoms with Gasteiger partial charge in [0.2, 0.25) is 0 Å². The fraction of sp³-hybridized carbons (Fsp3) is 0.250. The van der Waals surface area contributed by atoms with Crippen molar-refractivity contribution in [1.29, 1.82) is 0 Å². The molecule has 3 nitrogen and oxygen atoms in total. The maximum absolute atomic E-state index is 5.34. The zero-order valence-electron chi connectivity index (χ0n) is 11.8. The fourth-order valence-electron chi connectivity index (χ4n) is 1.97. The van der Waals surface area contributed by atoms with E-state index in [1.807, 2.05) is 36.5 Å². The number of aromatic nitrogens is 1. The third-order valence-corrected chi connectivity index (χ3v) is 3.25. The molecule has 0 atom stereocenters. The van der Waals surface area contributed by atoms with E-state index >= 15 is 0 Å². The quantitative estimate of drug-likeness (QED) is 0.840. The summed E-state index contributed by atoms with van der Waals surface area (Å²) < 4.78 is 0. The molecule has 0 saturated carbocycles. The highest BCUT2D eigenvalue weighted by Crippen LogP contribution is 2.23. The molecule has 104 valence electrons. The molecule has 0 aliphatic carbocycles. The molecule has 1 heterocycles. The highest BCUT2D eigenvalue weighted by atomic mass is 32.1. The largest absolute Gasteiger partial charge is 0.358 e. The molecule has 2 aromatic rings. The Kier molecular flexibility index (Phi) is 5.07. The summed E-state index contributed by atoms with van der Waals surface area (Å²) in [5.74, 6) is 0.458. The lowest BCUT2D eigenvalue weighted by molar-refractivity contribution is 0.868. The maximum atomic E-state index is 5.34. The highest BCUT2D eigenvalue weighted by Gasteiger charge is 2.06. The van der Waals surface area contributed by atoms with E-state index in [1.165, 1.54) is 5.56 Å². The Labute approximate surface area is 125 Å². The number of nitrogens with one attached hydrogen (secondary N) is 2. The van der Waals surface area contributed by atoms with Crippen molar-refractivity contribution >= 4 is 23.0 Å². The molecular formula is C16H19N3S. The average molecular weight is 285 g/mol. The third kappa shape index (κ3) is 4.03. The Bertz CT molecular complexity index is 567. The molecule has 0 saturated heterocycles. The molecule has 2 N–H and O–H groups in total. The predicted molar refractivity (Wildman–Crippen MR) is 87.8 cm³/mol. The van der Waals surface area contributed by atoms with Crippen molar-refractivity contribution in [2.75, 3.05) is 5.32 Å². The van der Waals surface area contributed by atoms with Gasteiger partial charge >= 0.3 is 0 Å². The van der Waals surface area contributed by atoms with Gasteiger partial charge in [0.25, 0.3) is 0 Å². The molecule has 0 fully saturated rings. The number of rotatable bonds is 4. The van der Waals surface area contributed by atoms with E-state index in [9.17, 15) is 0 Å². The van der Waals surface area contributed by atoms with Crippen LogP contribution in [0.2, 0.25) is 0 Å². The van der Waals surface area contributed by atoms with Crippen molar-refractivity contribution < 1.29 is 0 Å². The van der Waals surface area contributed by atoms with Crippen molar-refractivity contribution in [3.05, 3.63) is 59.9 Å². The van der Waals surface area contributed by atoms with Crippen LogP contribution in [0, 0.1) is 0 Å². The number of hydrogen-bond acceptors (Lipinski definition) is 2. The lowest BCUT2D eigenvalue weighted by Crippen LogP contribution is -2.28. The summed E-state index contributed by atoms with van der Waals surface area (Å²) in [5, 5.41) is 7.08. The fourth-order valence-corrected chi connectivity index (χ4v) is 2.15. The van der Waals surface area contributed by atoms with Gasteiger partial charge in [-0.2, -0.15) is 0 Å². The minimum Gasteiger partial charge on any atom is -0.358 e. The molecule has 0 radical (unpaired) electrons. The second-order valence-corrected chi connectivity index (χ2v) is 5.32. The maximum Gasteiger partial charge on any atom is 0.171 e. The number of anilines is 1. The molecule has 4 heteroatoms. The minimum atomic E-state index is 0.458. The van der Waals surface area contributed by atoms with Gasteiger partial charge < -0.3 is 10.6 Å². The number of benzene rings is 1. The van der Waals surface area contributed by atoms with Crippen molar-refractivity contribution in [2.24, 2.45) is 0 Å². The lowest BCUT2D eigenvalue weighted by Gasteiger charge is -2.16. The van der Waals surface area contributed by atoms with Crippen molar-refractivity contribution in [2.45, 2.75) is 26.3 Å². The molecule has 2 rings (SSSR count). The zero-order valence-corrected chi connectivity index (χ0v) is 12.6. The van der Waals surface area contributed by atoms with Crippen molar-refractivity contribution in [1.82, 2.24) is 10.3 Å². The van der Waals surface area contributed by atoms with Crippen LogP contribution in [0.5, 0.6) is 0 Å². The molecular weight excluding hydrogens is 266 g/mol. The number of hydrogen-bond donors (Lipinski definition) is 2. The van der Waals surface area contributed by atoms with Gasteiger partial charge in [0.1, 0.15) is 0 Å². The van der Waals surface area contributed by atoms with Gasteiger partial charge in [0.05, 0.1) is 0 Å². The molecule has 0 aliphatic heterocycles. The predicted octanol–water partition coefficient (Wildman–Crippen LogP) is 3.69. The minimum absolute atomic E-state index is 0.458. The Morgan fingerprint density at radius 3 is 2.70 bits per heavy atom. The summed E-state index contributed by atoms with van der Waals surface area (Å²) in [4.78, 5) is 4.08. The smallest absolute Gasteiger partial charge is 0.171 e. The molecule has 0 aliphatic rings. The van der Waals surface area contributed by atoms with Crippen LogP contribution >= 0.6 is 12.2 Å². The van der Waals surface area contributed by atoms with Gasteiger partial charge in [0.15, 0.2) is 5.11 Å². The second-order valence-electron chi connectivity index (χ2n) is 4.91. The van der Waals surface area contributed by atoms with Gasteiger partial charge in [-0.1, -0.05) is 38.1 Å². The van der Waals surface area contributed by atoms with Crippen LogP contribution in [-0.4, -0.2) is 10.1 Å². The number of pyridine rings is 1. The number of para-hydroxylation sites is 1. The van der Waals surface area contributed by atoms with E-state index < -0.39 is 0 Å². The van der Waals surface area contributed by atoms with Crippen LogP contribution in [0.4, 0.5) is 5.69 Å². The molecule has 0 bridgehead atoms. The van der Waals surface area contributed by atoms with E-state index in [0.717, 1.165) is 11.3 Å². The lowest BCUT2D eigenvalue weighted by atomic mass is 10.0. The van der Waals surface area contributed by atoms with Gasteiger partial charge in [-0.05, 0) is 41.4 Å². The summed E-state index contributed by atoms with van der Waals surface area (Å²) in [6.07, 6.45) is 3.59. The molecule has 1 aromatic heterocycles. The summed E-state index contributed by atoms with van der Waals surface area (Å²) in [6, 6.07) is 12.2. The van der Waals surface area contributed by atoms with Gasteiger partial charge in [0, 0.05) is 24.6 Å². The van der Waals surface area contributed by atoms with Crippen LogP contribution < -0.4 is 10.6 Å². The van der Waals surface area contributed by atoms with E-state index in [4.69, 9.17) is 12.2 Å². The number of thiocarbonyl (C=S) groups is 1. The topological polar surface area (TPSA) is 37.0 Å². The monoisotopic (exact) mass is 285 g/mol. The van der Waals surface area contributed by atoms with Crippen LogP contribution in [0.25, 0.3) is 0 Å². The first-order chi connectivity index (χ1) is 9.66. The van der Waals surface area contributed by atoms with Crippen LogP contribution in [-0.2, 0) is 6.54 Å². The first-order valence-corrected chi connectivity index (χ1v) is 7.10. The molecule has 20 heavy (non-hydrogen) atoms. The van der Waals surface area contributed by atoms with Gasteiger partial charge in [-0.3, -0.25) is 4.98 Å². The van der Waals surface area contributed by atoms with E-state index in [2.05, 4.69) is 35.5 Å². The molecule has 0 unspecified atom stereocenters. The van der Waals surface area contributed by atoms with Gasteiger partial charge in [-0.25, -0.2) is 0 Å². The zero-order chi connectivity index (χ0) is 14.4. The van der Waals surface area contributed by atoms with Crippen molar-refractivity contribution in [3.63, 3.8) is 0 Å². The van der Waals surface area contributed by atoms with Crippen LogP contribution in [0.3, 0.4) is 0 Å². The summed E-state index contributed by atoms with van der Waals surface area (Å²) >= 11 is 5.34. The Hall–Kier alpha value is -1.94. The normalized spacial score (nSPS) is 10.3. The molecule has 1 aromatic carbocycles. The van der Waals surface area contributed by atoms with Gasteiger partial charge in [-0.15, -0.1) is 0 Å². The van der Waals surface area contributed by atoms with E-state index in [1.54, 1.807) is 6.20 Å². The summed E-state index contributed by atoms with van der Waals surface area (Å²) in [7, 11) is 0. The third-order valence-electron chi connectivity index (χ3n) is 3.01. The first kappa shape index (κ1) is 14.5. The average Bonchev–Trinajstić information content (AvgIpc) is 2.46.